The second-order valence-electron chi connectivity index (χ2n) is 8.81. The van der Waals surface area contributed by atoms with Gasteiger partial charge in [0.05, 0.1) is 11.9 Å². The molecule has 2 amide bonds. The molecule has 0 radical (unpaired) electrons. The maximum Gasteiger partial charge on any atom is 0.313 e. The van der Waals surface area contributed by atoms with E-state index in [1.165, 1.54) is 50.8 Å². The summed E-state index contributed by atoms with van der Waals surface area (Å²) in [6.45, 7) is 0.576. The molecule has 0 aliphatic heterocycles. The molecule has 0 spiro atoms. The number of hydrogen-bond acceptors (Lipinski definition) is 3. The Balaban J connectivity index is 1.23. The number of rotatable bonds is 3. The molecular formula is C20H23FN4O2. The quantitative estimate of drug-likeness (QED) is 0.726. The molecular weight excluding hydrogens is 347 g/mol. The zero-order chi connectivity index (χ0) is 18.6. The standard InChI is InChI=1S/C20H23FN4O2/c21-14-4-15-16(9-23-17(15)22-8-14)25-19(27)18(26)24-10-20-5-11-1-12(6-20)3-13(2-11)7-20/h4,8-9,11-13H,1-3,5-7,10H2,(H,22,23)(H,24,26)(H,25,27). The number of nitrogens with zero attached hydrogens (tertiary/aromatic N) is 1. The molecule has 4 aliphatic carbocycles. The van der Waals surface area contributed by atoms with Crippen LogP contribution in [-0.2, 0) is 9.59 Å². The van der Waals surface area contributed by atoms with E-state index in [1.54, 1.807) is 0 Å². The van der Waals surface area contributed by atoms with E-state index in [-0.39, 0.29) is 5.41 Å². The van der Waals surface area contributed by atoms with E-state index in [0.717, 1.165) is 24.0 Å². The van der Waals surface area contributed by atoms with Crippen LogP contribution in [0.2, 0.25) is 0 Å². The molecule has 27 heavy (non-hydrogen) atoms. The van der Waals surface area contributed by atoms with Crippen molar-refractivity contribution in [2.45, 2.75) is 38.5 Å². The molecule has 0 unspecified atom stereocenters. The summed E-state index contributed by atoms with van der Waals surface area (Å²) in [5.41, 5.74) is 0.992. The molecule has 4 saturated carbocycles. The van der Waals surface area contributed by atoms with Gasteiger partial charge in [-0.05, 0) is 67.8 Å². The van der Waals surface area contributed by atoms with Crippen molar-refractivity contribution in [2.75, 3.05) is 11.9 Å². The van der Waals surface area contributed by atoms with E-state index in [9.17, 15) is 14.0 Å². The SMILES string of the molecule is O=C(NCC12CC3CC(CC(C3)C1)C2)C(=O)Nc1c[nH]c2ncc(F)cc12. The third-order valence-electron chi connectivity index (χ3n) is 6.74. The van der Waals surface area contributed by atoms with Gasteiger partial charge >= 0.3 is 11.8 Å². The van der Waals surface area contributed by atoms with Crippen LogP contribution in [0, 0.1) is 29.0 Å². The van der Waals surface area contributed by atoms with E-state index < -0.39 is 17.6 Å². The van der Waals surface area contributed by atoms with Crippen molar-refractivity contribution in [2.24, 2.45) is 23.2 Å². The van der Waals surface area contributed by atoms with E-state index in [1.807, 2.05) is 0 Å². The maximum atomic E-state index is 13.4. The second-order valence-corrected chi connectivity index (χ2v) is 8.81. The number of fused-ring (bicyclic) bond motifs is 1. The van der Waals surface area contributed by atoms with Crippen molar-refractivity contribution >= 4 is 28.5 Å². The number of hydrogen-bond donors (Lipinski definition) is 3. The second kappa shape index (κ2) is 6.04. The molecule has 142 valence electrons. The Bertz CT molecular complexity index is 887. The van der Waals surface area contributed by atoms with Crippen molar-refractivity contribution in [3.63, 3.8) is 0 Å². The Hall–Kier alpha value is -2.44. The van der Waals surface area contributed by atoms with Crippen molar-refractivity contribution in [3.8, 4) is 0 Å². The first-order valence-electron chi connectivity index (χ1n) is 9.71. The Labute approximate surface area is 156 Å². The van der Waals surface area contributed by atoms with E-state index in [2.05, 4.69) is 20.6 Å². The van der Waals surface area contributed by atoms with Gasteiger partial charge in [0.25, 0.3) is 0 Å². The Morgan fingerprint density at radius 2 is 1.81 bits per heavy atom. The lowest BCUT2D eigenvalue weighted by atomic mass is 9.49. The minimum Gasteiger partial charge on any atom is -0.347 e. The monoisotopic (exact) mass is 370 g/mol. The van der Waals surface area contributed by atoms with Crippen LogP contribution in [-0.4, -0.2) is 28.3 Å². The van der Waals surface area contributed by atoms with Gasteiger partial charge < -0.3 is 15.6 Å². The first-order valence-corrected chi connectivity index (χ1v) is 9.71. The smallest absolute Gasteiger partial charge is 0.313 e. The molecule has 4 bridgehead atoms. The molecule has 0 atom stereocenters. The topological polar surface area (TPSA) is 86.9 Å². The fraction of sp³-hybridized carbons (Fsp3) is 0.550. The van der Waals surface area contributed by atoms with E-state index >= 15 is 0 Å². The number of anilines is 1. The van der Waals surface area contributed by atoms with Crippen LogP contribution in [0.3, 0.4) is 0 Å². The van der Waals surface area contributed by atoms with Gasteiger partial charge in [-0.1, -0.05) is 0 Å². The minimum atomic E-state index is -0.732. The van der Waals surface area contributed by atoms with Crippen LogP contribution >= 0.6 is 0 Å². The van der Waals surface area contributed by atoms with Crippen LogP contribution in [0.25, 0.3) is 11.0 Å². The van der Waals surface area contributed by atoms with Gasteiger partial charge in [-0.15, -0.1) is 0 Å². The molecule has 6 nitrogen and oxygen atoms in total. The first kappa shape index (κ1) is 16.7. The average molecular weight is 370 g/mol. The summed E-state index contributed by atoms with van der Waals surface area (Å²) in [6.07, 6.45) is 10.2. The summed E-state index contributed by atoms with van der Waals surface area (Å²) >= 11 is 0. The highest BCUT2D eigenvalue weighted by Gasteiger charge is 2.50. The fourth-order valence-electron chi connectivity index (χ4n) is 6.11. The Morgan fingerprint density at radius 3 is 2.48 bits per heavy atom. The predicted octanol–water partition coefficient (Wildman–Crippen LogP) is 2.97. The third kappa shape index (κ3) is 2.99. The highest BCUT2D eigenvalue weighted by atomic mass is 19.1. The summed E-state index contributed by atoms with van der Waals surface area (Å²) in [4.78, 5) is 31.4. The Morgan fingerprint density at radius 1 is 1.15 bits per heavy atom. The van der Waals surface area contributed by atoms with Gasteiger partial charge in [0.15, 0.2) is 0 Å². The van der Waals surface area contributed by atoms with E-state index in [4.69, 9.17) is 0 Å². The molecule has 6 rings (SSSR count). The first-order chi connectivity index (χ1) is 13.0. The van der Waals surface area contributed by atoms with Crippen molar-refractivity contribution in [1.82, 2.24) is 15.3 Å². The number of aromatic amines is 1. The molecule has 2 heterocycles. The normalized spacial score (nSPS) is 31.2. The van der Waals surface area contributed by atoms with Crippen molar-refractivity contribution < 1.29 is 14.0 Å². The van der Waals surface area contributed by atoms with Crippen LogP contribution in [0.1, 0.15) is 38.5 Å². The fourth-order valence-corrected chi connectivity index (χ4v) is 6.11. The van der Waals surface area contributed by atoms with Crippen LogP contribution in [0.4, 0.5) is 10.1 Å². The minimum absolute atomic E-state index is 0.179. The number of H-pyrrole nitrogens is 1. The number of carbonyl (C=O) groups is 2. The molecule has 0 aromatic carbocycles. The maximum absolute atomic E-state index is 13.4. The molecule has 2 aromatic rings. The number of halogens is 1. The van der Waals surface area contributed by atoms with Gasteiger partial charge in [0.1, 0.15) is 11.5 Å². The highest BCUT2D eigenvalue weighted by molar-refractivity contribution is 6.40. The van der Waals surface area contributed by atoms with E-state index in [0.29, 0.717) is 23.3 Å². The molecule has 0 saturated heterocycles. The highest BCUT2D eigenvalue weighted by Crippen LogP contribution is 2.59. The third-order valence-corrected chi connectivity index (χ3v) is 6.74. The summed E-state index contributed by atoms with van der Waals surface area (Å²) in [5, 5.41) is 5.86. The van der Waals surface area contributed by atoms with Crippen LogP contribution < -0.4 is 10.6 Å². The lowest BCUT2D eigenvalue weighted by Crippen LogP contribution is -2.52. The molecule has 3 N–H and O–H groups in total. The van der Waals surface area contributed by atoms with Crippen molar-refractivity contribution in [3.05, 3.63) is 24.3 Å². The predicted molar refractivity (Wildman–Crippen MR) is 98.3 cm³/mol. The zero-order valence-corrected chi connectivity index (χ0v) is 15.1. The Kier molecular flexibility index (Phi) is 3.74. The summed E-state index contributed by atoms with van der Waals surface area (Å²) < 4.78 is 13.4. The zero-order valence-electron chi connectivity index (χ0n) is 15.1. The summed E-state index contributed by atoms with van der Waals surface area (Å²) in [5.74, 6) is 0.542. The van der Waals surface area contributed by atoms with Gasteiger partial charge in [-0.3, -0.25) is 9.59 Å². The molecule has 4 fully saturated rings. The summed E-state index contributed by atoms with van der Waals surface area (Å²) in [6, 6.07) is 1.28. The van der Waals surface area contributed by atoms with Gasteiger partial charge in [0.2, 0.25) is 0 Å². The van der Waals surface area contributed by atoms with Crippen LogP contribution in [0.15, 0.2) is 18.5 Å². The summed E-state index contributed by atoms with van der Waals surface area (Å²) in [7, 11) is 0. The number of aromatic nitrogens is 2. The van der Waals surface area contributed by atoms with Gasteiger partial charge in [0, 0.05) is 18.1 Å². The number of nitrogens with one attached hydrogen (secondary N) is 3. The largest absolute Gasteiger partial charge is 0.347 e. The molecule has 7 heteroatoms. The number of carbonyl (C=O) groups excluding carboxylic acids is 2. The lowest BCUT2D eigenvalue weighted by molar-refractivity contribution is -0.137. The number of pyridine rings is 1. The van der Waals surface area contributed by atoms with Crippen molar-refractivity contribution in [1.29, 1.82) is 0 Å². The van der Waals surface area contributed by atoms with Crippen LogP contribution in [0.5, 0.6) is 0 Å². The van der Waals surface area contributed by atoms with Gasteiger partial charge in [-0.25, -0.2) is 9.37 Å². The average Bonchev–Trinajstić information content (AvgIpc) is 3.00. The van der Waals surface area contributed by atoms with Gasteiger partial charge in [-0.2, -0.15) is 0 Å². The molecule has 2 aromatic heterocycles. The lowest BCUT2D eigenvalue weighted by Gasteiger charge is -2.56. The number of amides is 2. The molecule has 4 aliphatic rings.